The number of nitrogens with zero attached hydrogens (tertiary/aromatic N) is 6. The Morgan fingerprint density at radius 1 is 0.841 bits per heavy atom. The first-order chi connectivity index (χ1) is 30.5. The van der Waals surface area contributed by atoms with Crippen LogP contribution in [0.2, 0.25) is 0 Å². The van der Waals surface area contributed by atoms with Crippen molar-refractivity contribution in [2.24, 2.45) is 7.05 Å². The molecule has 6 aromatic rings. The number of amides is 4. The number of unbranched alkanes of at least 4 members (excludes halogenated alkanes) is 5. The second-order valence-electron chi connectivity index (χ2n) is 15.1. The van der Waals surface area contributed by atoms with Gasteiger partial charge in [0.25, 0.3) is 11.8 Å². The predicted molar refractivity (Wildman–Crippen MR) is 235 cm³/mol. The number of anilines is 4. The Labute approximate surface area is 361 Å². The van der Waals surface area contributed by atoms with Crippen LogP contribution in [0.15, 0.2) is 84.2 Å². The molecule has 17 nitrogen and oxygen atoms in total. The van der Waals surface area contributed by atoms with Gasteiger partial charge in [-0.3, -0.25) is 33.6 Å². The molecule has 1 atom stereocenters. The smallest absolute Gasteiger partial charge is 0.329 e. The molecule has 5 N–H and O–H groups in total. The summed E-state index contributed by atoms with van der Waals surface area (Å²) in [6, 6.07) is 15.3. The molecule has 1 fully saturated rings. The van der Waals surface area contributed by atoms with E-state index in [-0.39, 0.29) is 41.2 Å². The summed E-state index contributed by atoms with van der Waals surface area (Å²) in [5, 5.41) is 14.3. The van der Waals surface area contributed by atoms with E-state index in [4.69, 9.17) is 4.74 Å². The number of aromatic nitrogens is 6. The van der Waals surface area contributed by atoms with Crippen molar-refractivity contribution in [3.8, 4) is 17.1 Å². The van der Waals surface area contributed by atoms with Crippen LogP contribution in [0.3, 0.4) is 0 Å². The van der Waals surface area contributed by atoms with Crippen LogP contribution in [0.1, 0.15) is 83.7 Å². The van der Waals surface area contributed by atoms with Crippen LogP contribution in [0.25, 0.3) is 22.4 Å². The van der Waals surface area contributed by atoms with Gasteiger partial charge in [-0.15, -0.1) is 0 Å². The summed E-state index contributed by atoms with van der Waals surface area (Å²) >= 11 is 0. The zero-order chi connectivity index (χ0) is 44.5. The fraction of sp³-hybridized carbons (Fsp3) is 0.311. The predicted octanol–water partition coefficient (Wildman–Crippen LogP) is 5.87. The lowest BCUT2D eigenvalue weighted by molar-refractivity contribution is -0.135. The number of carbonyl (C=O) groups is 4. The maximum absolute atomic E-state index is 13.5. The number of carbonyl (C=O) groups excluding carboxylic acids is 4. The Bertz CT molecular complexity index is 2720. The number of rotatable bonds is 18. The lowest BCUT2D eigenvalue weighted by Crippen LogP contribution is -2.44. The van der Waals surface area contributed by atoms with Crippen LogP contribution in [0.4, 0.5) is 27.4 Å². The van der Waals surface area contributed by atoms with Crippen molar-refractivity contribution in [2.45, 2.75) is 63.8 Å². The van der Waals surface area contributed by atoms with E-state index >= 15 is 0 Å². The molecule has 0 spiro atoms. The Hall–Kier alpha value is -7.50. The second-order valence-corrected chi connectivity index (χ2v) is 15.1. The number of imide groups is 1. The average molecular weight is 858 g/mol. The van der Waals surface area contributed by atoms with Gasteiger partial charge in [-0.2, -0.15) is 0 Å². The summed E-state index contributed by atoms with van der Waals surface area (Å²) in [5.41, 5.74) is 4.35. The number of hydrogen-bond acceptors (Lipinski definition) is 12. The Kier molecular flexibility index (Phi) is 13.8. The SMILES string of the molecule is CNC(=O)c1cnc(Nc2cc(C(=O)NCCCCCCCCc3ccc4c(c3)n(C)c(=O)n4C3CCC(=O)NC3=O)ccn2)cc1Nc1cccc(-c2ncc(F)cn2)c1OC. The van der Waals surface area contributed by atoms with Crippen LogP contribution in [-0.2, 0) is 23.1 Å². The molecule has 4 aromatic heterocycles. The summed E-state index contributed by atoms with van der Waals surface area (Å²) in [7, 11) is 4.70. The molecular weight excluding hydrogens is 810 g/mol. The van der Waals surface area contributed by atoms with Gasteiger partial charge in [-0.25, -0.2) is 29.1 Å². The number of pyridine rings is 2. The maximum Gasteiger partial charge on any atom is 0.329 e. The number of aryl methyl sites for hydroxylation is 2. The fourth-order valence-corrected chi connectivity index (χ4v) is 7.60. The third-order valence-electron chi connectivity index (χ3n) is 10.9. The largest absolute Gasteiger partial charge is 0.494 e. The van der Waals surface area contributed by atoms with Crippen molar-refractivity contribution in [1.29, 1.82) is 0 Å². The number of ether oxygens (including phenoxy) is 1. The Morgan fingerprint density at radius 2 is 1.60 bits per heavy atom. The van der Waals surface area contributed by atoms with Crippen molar-refractivity contribution in [3.05, 3.63) is 112 Å². The number of imidazole rings is 1. The van der Waals surface area contributed by atoms with Gasteiger partial charge in [0.15, 0.2) is 17.4 Å². The molecule has 63 heavy (non-hydrogen) atoms. The number of nitrogens with one attached hydrogen (secondary N) is 5. The third kappa shape index (κ3) is 10.2. The van der Waals surface area contributed by atoms with Crippen molar-refractivity contribution in [2.75, 3.05) is 31.3 Å². The van der Waals surface area contributed by atoms with E-state index in [2.05, 4.69) is 46.5 Å². The van der Waals surface area contributed by atoms with E-state index in [0.29, 0.717) is 58.4 Å². The molecule has 5 heterocycles. The fourth-order valence-electron chi connectivity index (χ4n) is 7.60. The van der Waals surface area contributed by atoms with Gasteiger partial charge in [0, 0.05) is 51.1 Å². The summed E-state index contributed by atoms with van der Waals surface area (Å²) in [5.74, 6) is -0.592. The van der Waals surface area contributed by atoms with E-state index in [9.17, 15) is 28.4 Å². The molecule has 7 rings (SSSR count). The number of piperidine rings is 1. The Morgan fingerprint density at radius 3 is 2.37 bits per heavy atom. The first-order valence-corrected chi connectivity index (χ1v) is 20.7. The van der Waals surface area contributed by atoms with E-state index in [1.165, 1.54) is 31.1 Å². The molecule has 0 saturated carbocycles. The third-order valence-corrected chi connectivity index (χ3v) is 10.9. The minimum atomic E-state index is -0.703. The average Bonchev–Trinajstić information content (AvgIpc) is 3.53. The number of fused-ring (bicyclic) bond motifs is 1. The van der Waals surface area contributed by atoms with Crippen LogP contribution in [0.5, 0.6) is 5.75 Å². The highest BCUT2D eigenvalue weighted by Gasteiger charge is 2.31. The summed E-state index contributed by atoms with van der Waals surface area (Å²) < 4.78 is 22.3. The quantitative estimate of drug-likeness (QED) is 0.0507. The maximum atomic E-state index is 13.5. The van der Waals surface area contributed by atoms with E-state index in [1.54, 1.807) is 48.0 Å². The topological polar surface area (TPSA) is 216 Å². The highest BCUT2D eigenvalue weighted by Crippen LogP contribution is 2.37. The zero-order valence-corrected chi connectivity index (χ0v) is 35.2. The number of hydrogen-bond donors (Lipinski definition) is 5. The van der Waals surface area contributed by atoms with E-state index in [1.807, 2.05) is 18.2 Å². The molecule has 1 saturated heterocycles. The first kappa shape index (κ1) is 43.6. The summed E-state index contributed by atoms with van der Waals surface area (Å²) in [4.78, 5) is 80.1. The molecule has 0 aliphatic carbocycles. The first-order valence-electron chi connectivity index (χ1n) is 20.7. The number of benzene rings is 2. The van der Waals surface area contributed by atoms with E-state index in [0.717, 1.165) is 68.4 Å². The minimum Gasteiger partial charge on any atom is -0.494 e. The monoisotopic (exact) mass is 857 g/mol. The van der Waals surface area contributed by atoms with Gasteiger partial charge in [-0.1, -0.05) is 37.8 Å². The second kappa shape index (κ2) is 19.9. The van der Waals surface area contributed by atoms with Crippen LogP contribution in [0, 0.1) is 5.82 Å². The normalized spacial score (nSPS) is 13.7. The molecule has 326 valence electrons. The van der Waals surface area contributed by atoms with Gasteiger partial charge in [0.1, 0.15) is 17.7 Å². The van der Waals surface area contributed by atoms with Gasteiger partial charge >= 0.3 is 5.69 Å². The van der Waals surface area contributed by atoms with Crippen LogP contribution >= 0.6 is 0 Å². The number of para-hydroxylation sites is 1. The zero-order valence-electron chi connectivity index (χ0n) is 35.2. The standard InChI is InChI=1S/C45H48FN11O6/c1-47-43(60)31-26-50-38(23-33(31)53-32-13-10-12-30(40(32)63-3)41-51-24-29(46)25-52-41)54-37-22-28(18-20-48-37)42(59)49-19-9-7-5-4-6-8-11-27-14-15-34-36(21-27)56(2)45(62)57(34)35-16-17-39(58)55-44(35)61/h10,12-15,18,20-26,35H,4-9,11,16-17,19H2,1-3H3,(H,47,60)(H,49,59)(H,55,58,61)(H2,48,50,53,54). The van der Waals surface area contributed by atoms with Gasteiger partial charge in [0.2, 0.25) is 11.8 Å². The van der Waals surface area contributed by atoms with Crippen molar-refractivity contribution >= 4 is 57.7 Å². The highest BCUT2D eigenvalue weighted by molar-refractivity contribution is 6.01. The number of halogens is 1. The minimum absolute atomic E-state index is 0.201. The molecule has 1 aliphatic heterocycles. The van der Waals surface area contributed by atoms with Crippen LogP contribution < -0.4 is 37.0 Å². The lowest BCUT2D eigenvalue weighted by atomic mass is 10.0. The van der Waals surface area contributed by atoms with E-state index < -0.39 is 17.8 Å². The molecule has 1 unspecified atom stereocenters. The van der Waals surface area contributed by atoms with Crippen molar-refractivity contribution in [3.63, 3.8) is 0 Å². The number of methoxy groups -OCH3 is 1. The lowest BCUT2D eigenvalue weighted by Gasteiger charge is -2.21. The van der Waals surface area contributed by atoms with Crippen molar-refractivity contribution in [1.82, 2.24) is 45.0 Å². The molecule has 2 aromatic carbocycles. The Balaban J connectivity index is 0.876. The molecule has 0 radical (unpaired) electrons. The summed E-state index contributed by atoms with van der Waals surface area (Å²) in [6.07, 6.45) is 12.4. The van der Waals surface area contributed by atoms with Crippen LogP contribution in [-0.4, -0.2) is 73.4 Å². The van der Waals surface area contributed by atoms with Gasteiger partial charge < -0.3 is 26.0 Å². The molecule has 0 bridgehead atoms. The summed E-state index contributed by atoms with van der Waals surface area (Å²) in [6.45, 7) is 0.524. The highest BCUT2D eigenvalue weighted by atomic mass is 19.1. The van der Waals surface area contributed by atoms with Crippen molar-refractivity contribution < 1.29 is 28.3 Å². The van der Waals surface area contributed by atoms with Gasteiger partial charge in [-0.05, 0) is 67.6 Å². The molecular formula is C45H48FN11O6. The van der Waals surface area contributed by atoms with Gasteiger partial charge in [0.05, 0.1) is 53.0 Å². The molecule has 1 aliphatic rings. The molecule has 4 amide bonds. The molecule has 18 heteroatoms.